The van der Waals surface area contributed by atoms with E-state index in [1.165, 1.54) is 9.13 Å². The fraction of sp³-hybridized carbons (Fsp3) is 0.182. The molecular formula is C11H10IN. The van der Waals surface area contributed by atoms with Gasteiger partial charge in [-0.1, -0.05) is 19.1 Å². The van der Waals surface area contributed by atoms with Crippen LogP contribution in [0.15, 0.2) is 29.3 Å². The first kappa shape index (κ1) is 8.94. The van der Waals surface area contributed by atoms with Gasteiger partial charge in [0, 0.05) is 21.3 Å². The number of fused-ring (bicyclic) bond motifs is 1. The van der Waals surface area contributed by atoms with Crippen molar-refractivity contribution < 1.29 is 0 Å². The van der Waals surface area contributed by atoms with E-state index in [0.717, 1.165) is 5.69 Å². The molecule has 0 amide bonds. The first-order valence-corrected chi connectivity index (χ1v) is 5.35. The molecule has 1 atom stereocenters. The maximum atomic E-state index is 4.42. The summed E-state index contributed by atoms with van der Waals surface area (Å²) in [7, 11) is 0. The van der Waals surface area contributed by atoms with Crippen LogP contribution in [0.4, 0.5) is 5.69 Å². The molecular weight excluding hydrogens is 273 g/mol. The second kappa shape index (κ2) is 3.62. The zero-order valence-corrected chi connectivity index (χ0v) is 9.52. The summed E-state index contributed by atoms with van der Waals surface area (Å²) < 4.78 is 1.26. The molecule has 66 valence electrons. The second-order valence-electron chi connectivity index (χ2n) is 3.20. The first-order chi connectivity index (χ1) is 6.25. The van der Waals surface area contributed by atoms with Crippen LogP contribution in [-0.2, 0) is 0 Å². The summed E-state index contributed by atoms with van der Waals surface area (Å²) in [6.45, 7) is 2.14. The van der Waals surface area contributed by atoms with E-state index in [0.29, 0.717) is 5.92 Å². The van der Waals surface area contributed by atoms with Gasteiger partial charge in [-0.2, -0.15) is 0 Å². The molecule has 0 aromatic heterocycles. The van der Waals surface area contributed by atoms with Gasteiger partial charge >= 0.3 is 0 Å². The quantitative estimate of drug-likeness (QED) is 0.644. The predicted octanol–water partition coefficient (Wildman–Crippen LogP) is 3.66. The minimum absolute atomic E-state index is 0.435. The third kappa shape index (κ3) is 1.99. The molecule has 13 heavy (non-hydrogen) atoms. The number of rotatable bonds is 0. The Hall–Kier alpha value is -0.640. The van der Waals surface area contributed by atoms with Gasteiger partial charge in [0.15, 0.2) is 0 Å². The minimum atomic E-state index is 0.435. The molecule has 1 heterocycles. The third-order valence-electron chi connectivity index (χ3n) is 2.02. The maximum Gasteiger partial charge on any atom is 0.0698 e. The SMILES string of the molecule is CC1C=Cc2cc(I)ccc2N=C1. The molecule has 2 heteroatoms. The van der Waals surface area contributed by atoms with E-state index in [1.54, 1.807) is 0 Å². The van der Waals surface area contributed by atoms with Gasteiger partial charge in [0.2, 0.25) is 0 Å². The van der Waals surface area contributed by atoms with Crippen molar-refractivity contribution in [2.75, 3.05) is 0 Å². The summed E-state index contributed by atoms with van der Waals surface area (Å²) >= 11 is 2.32. The van der Waals surface area contributed by atoms with Crippen molar-refractivity contribution in [3.8, 4) is 0 Å². The average molecular weight is 283 g/mol. The summed E-state index contributed by atoms with van der Waals surface area (Å²) in [5.41, 5.74) is 2.29. The van der Waals surface area contributed by atoms with E-state index in [4.69, 9.17) is 0 Å². The van der Waals surface area contributed by atoms with E-state index in [1.807, 2.05) is 6.21 Å². The molecule has 0 spiro atoms. The van der Waals surface area contributed by atoms with E-state index in [9.17, 15) is 0 Å². The van der Waals surface area contributed by atoms with Gasteiger partial charge < -0.3 is 0 Å². The van der Waals surface area contributed by atoms with Crippen LogP contribution in [0.3, 0.4) is 0 Å². The fourth-order valence-corrected chi connectivity index (χ4v) is 1.79. The van der Waals surface area contributed by atoms with E-state index < -0.39 is 0 Å². The number of benzene rings is 1. The van der Waals surface area contributed by atoms with Gasteiger partial charge in [-0.25, -0.2) is 0 Å². The number of allylic oxidation sites excluding steroid dienone is 1. The van der Waals surface area contributed by atoms with Crippen LogP contribution in [0.25, 0.3) is 6.08 Å². The van der Waals surface area contributed by atoms with Crippen molar-refractivity contribution in [2.45, 2.75) is 6.92 Å². The number of halogens is 1. The molecule has 1 nitrogen and oxygen atoms in total. The van der Waals surface area contributed by atoms with Crippen LogP contribution in [0, 0.1) is 9.49 Å². The molecule has 0 bridgehead atoms. The van der Waals surface area contributed by atoms with Gasteiger partial charge in [0.25, 0.3) is 0 Å². The lowest BCUT2D eigenvalue weighted by atomic mass is 10.1. The summed E-state index contributed by atoms with van der Waals surface area (Å²) in [6.07, 6.45) is 6.30. The van der Waals surface area contributed by atoms with Crippen LogP contribution >= 0.6 is 22.6 Å². The normalized spacial score (nSPS) is 19.7. The lowest BCUT2D eigenvalue weighted by molar-refractivity contribution is 1.04. The topological polar surface area (TPSA) is 12.4 Å². The highest BCUT2D eigenvalue weighted by Gasteiger charge is 2.03. The summed E-state index contributed by atoms with van der Waals surface area (Å²) in [4.78, 5) is 4.42. The Labute approximate surface area is 91.7 Å². The Morgan fingerprint density at radius 3 is 3.08 bits per heavy atom. The molecule has 1 aliphatic heterocycles. The number of aliphatic imine (C=N–C) groups is 1. The highest BCUT2D eigenvalue weighted by atomic mass is 127. The Morgan fingerprint density at radius 1 is 1.38 bits per heavy atom. The molecule has 1 aromatic rings. The number of hydrogen-bond acceptors (Lipinski definition) is 1. The van der Waals surface area contributed by atoms with Gasteiger partial charge in [-0.15, -0.1) is 0 Å². The van der Waals surface area contributed by atoms with Crippen molar-refractivity contribution in [1.29, 1.82) is 0 Å². The molecule has 0 saturated carbocycles. The Bertz CT molecular complexity index is 380. The van der Waals surface area contributed by atoms with Gasteiger partial charge in [0.1, 0.15) is 0 Å². The van der Waals surface area contributed by atoms with Crippen molar-refractivity contribution in [3.05, 3.63) is 33.4 Å². The van der Waals surface area contributed by atoms with Crippen molar-refractivity contribution in [1.82, 2.24) is 0 Å². The van der Waals surface area contributed by atoms with Crippen LogP contribution in [-0.4, -0.2) is 6.21 Å². The van der Waals surface area contributed by atoms with Gasteiger partial charge in [-0.05, 0) is 40.8 Å². The lowest BCUT2D eigenvalue weighted by Gasteiger charge is -1.98. The third-order valence-corrected chi connectivity index (χ3v) is 2.69. The molecule has 0 saturated heterocycles. The van der Waals surface area contributed by atoms with Crippen LogP contribution in [0.5, 0.6) is 0 Å². The first-order valence-electron chi connectivity index (χ1n) is 4.27. The molecule has 0 N–H and O–H groups in total. The molecule has 0 aliphatic carbocycles. The smallest absolute Gasteiger partial charge is 0.0698 e. The zero-order chi connectivity index (χ0) is 9.26. The maximum absolute atomic E-state index is 4.42. The largest absolute Gasteiger partial charge is 0.260 e. The molecule has 0 fully saturated rings. The van der Waals surface area contributed by atoms with Gasteiger partial charge in [-0.3, -0.25) is 4.99 Å². The minimum Gasteiger partial charge on any atom is -0.260 e. The monoisotopic (exact) mass is 283 g/mol. The predicted molar refractivity (Wildman–Crippen MR) is 65.5 cm³/mol. The fourth-order valence-electron chi connectivity index (χ4n) is 1.28. The second-order valence-corrected chi connectivity index (χ2v) is 4.45. The van der Waals surface area contributed by atoms with E-state index in [-0.39, 0.29) is 0 Å². The lowest BCUT2D eigenvalue weighted by Crippen LogP contribution is -1.86. The number of nitrogens with zero attached hydrogens (tertiary/aromatic N) is 1. The highest BCUT2D eigenvalue weighted by molar-refractivity contribution is 14.1. The van der Waals surface area contributed by atoms with Gasteiger partial charge in [0.05, 0.1) is 5.69 Å². The van der Waals surface area contributed by atoms with Crippen LogP contribution < -0.4 is 0 Å². The molecule has 1 aliphatic rings. The molecule has 0 radical (unpaired) electrons. The van der Waals surface area contributed by atoms with Crippen molar-refractivity contribution >= 4 is 40.6 Å². The Morgan fingerprint density at radius 2 is 2.23 bits per heavy atom. The summed E-state index contributed by atoms with van der Waals surface area (Å²) in [6, 6.07) is 6.30. The highest BCUT2D eigenvalue weighted by Crippen LogP contribution is 2.25. The van der Waals surface area contributed by atoms with Crippen LogP contribution in [0.1, 0.15) is 12.5 Å². The Balaban J connectivity index is 2.53. The van der Waals surface area contributed by atoms with Crippen molar-refractivity contribution in [3.63, 3.8) is 0 Å². The van der Waals surface area contributed by atoms with E-state index >= 15 is 0 Å². The Kier molecular flexibility index (Phi) is 2.49. The van der Waals surface area contributed by atoms with Crippen molar-refractivity contribution in [2.24, 2.45) is 10.9 Å². The molecule has 2 rings (SSSR count). The van der Waals surface area contributed by atoms with E-state index in [2.05, 4.69) is 64.9 Å². The van der Waals surface area contributed by atoms with Crippen LogP contribution in [0.2, 0.25) is 0 Å². The zero-order valence-electron chi connectivity index (χ0n) is 7.37. The average Bonchev–Trinajstić information content (AvgIpc) is 2.29. The standard InChI is InChI=1S/C11H10IN/c1-8-2-3-9-6-10(12)4-5-11(9)13-7-8/h2-8H,1H3. The number of hydrogen-bond donors (Lipinski definition) is 0. The summed E-state index contributed by atoms with van der Waals surface area (Å²) in [5.74, 6) is 0.435. The summed E-state index contributed by atoms with van der Waals surface area (Å²) in [5, 5.41) is 0. The molecule has 1 aromatic carbocycles. The molecule has 1 unspecified atom stereocenters.